The van der Waals surface area contributed by atoms with Crippen LogP contribution in [0.1, 0.15) is 17.5 Å². The van der Waals surface area contributed by atoms with Gasteiger partial charge in [0.1, 0.15) is 0 Å². The fraction of sp³-hybridized carbons (Fsp3) is 0.294. The maximum Gasteiger partial charge on any atom is 0.178 e. The third-order valence-electron chi connectivity index (χ3n) is 3.35. The lowest BCUT2D eigenvalue weighted by Gasteiger charge is -2.05. The summed E-state index contributed by atoms with van der Waals surface area (Å²) in [6.07, 6.45) is 0.615. The molecule has 0 radical (unpaired) electrons. The molecule has 0 unspecified atom stereocenters. The quantitative estimate of drug-likeness (QED) is 0.715. The van der Waals surface area contributed by atoms with Crippen molar-refractivity contribution in [2.45, 2.75) is 23.7 Å². The van der Waals surface area contributed by atoms with Gasteiger partial charge in [-0.1, -0.05) is 35.9 Å². The Kier molecular flexibility index (Phi) is 6.96. The van der Waals surface area contributed by atoms with E-state index >= 15 is 0 Å². The number of halogens is 1. The predicted molar refractivity (Wildman–Crippen MR) is 96.6 cm³/mol. The molecule has 124 valence electrons. The van der Waals surface area contributed by atoms with Crippen molar-refractivity contribution in [2.24, 2.45) is 0 Å². The molecule has 0 heterocycles. The fourth-order valence-corrected chi connectivity index (χ4v) is 4.58. The van der Waals surface area contributed by atoms with Crippen LogP contribution in [0.25, 0.3) is 0 Å². The van der Waals surface area contributed by atoms with Gasteiger partial charge >= 0.3 is 0 Å². The third kappa shape index (κ3) is 5.84. The standard InChI is InChI=1S/C17H19ClO3S2/c18-16-6-8-17(9-7-16)23(20,21)11-1-10-22-13-15-4-2-14(12-19)3-5-15/h2-9,19H,1,10-13H2. The van der Waals surface area contributed by atoms with E-state index in [-0.39, 0.29) is 12.4 Å². The molecule has 0 aliphatic heterocycles. The van der Waals surface area contributed by atoms with Crippen LogP contribution in [0.4, 0.5) is 0 Å². The van der Waals surface area contributed by atoms with Crippen LogP contribution >= 0.6 is 23.4 Å². The van der Waals surface area contributed by atoms with Crippen LogP contribution < -0.4 is 0 Å². The number of rotatable bonds is 8. The van der Waals surface area contributed by atoms with Crippen molar-refractivity contribution < 1.29 is 13.5 Å². The minimum atomic E-state index is -3.23. The summed E-state index contributed by atoms with van der Waals surface area (Å²) in [6, 6.07) is 14.1. The Balaban J connectivity index is 1.75. The molecular weight excluding hydrogens is 352 g/mol. The third-order valence-corrected chi connectivity index (χ3v) is 6.53. The number of aliphatic hydroxyl groups is 1. The van der Waals surface area contributed by atoms with Crippen molar-refractivity contribution in [1.29, 1.82) is 0 Å². The Morgan fingerprint density at radius 2 is 1.57 bits per heavy atom. The van der Waals surface area contributed by atoms with E-state index in [1.807, 2.05) is 24.3 Å². The van der Waals surface area contributed by atoms with Crippen LogP contribution in [-0.2, 0) is 22.2 Å². The summed E-state index contributed by atoms with van der Waals surface area (Å²) in [6.45, 7) is 0.0516. The molecule has 0 saturated heterocycles. The number of hydrogen-bond donors (Lipinski definition) is 1. The summed E-state index contributed by atoms with van der Waals surface area (Å²) in [5.74, 6) is 1.77. The van der Waals surface area contributed by atoms with Crippen molar-refractivity contribution in [3.05, 3.63) is 64.7 Å². The molecule has 0 aliphatic rings. The van der Waals surface area contributed by atoms with E-state index in [0.29, 0.717) is 16.3 Å². The lowest BCUT2D eigenvalue weighted by atomic mass is 10.2. The molecule has 0 spiro atoms. The van der Waals surface area contributed by atoms with Gasteiger partial charge < -0.3 is 5.11 Å². The second kappa shape index (κ2) is 8.73. The monoisotopic (exact) mass is 370 g/mol. The van der Waals surface area contributed by atoms with Gasteiger partial charge in [-0.3, -0.25) is 0 Å². The number of aliphatic hydroxyl groups excluding tert-OH is 1. The molecule has 1 N–H and O–H groups in total. The molecule has 2 aromatic carbocycles. The number of hydrogen-bond acceptors (Lipinski definition) is 4. The first-order valence-corrected chi connectivity index (χ1v) is 10.4. The van der Waals surface area contributed by atoms with Crippen molar-refractivity contribution in [3.8, 4) is 0 Å². The van der Waals surface area contributed by atoms with E-state index in [0.717, 1.165) is 17.1 Å². The lowest BCUT2D eigenvalue weighted by molar-refractivity contribution is 0.282. The summed E-state index contributed by atoms with van der Waals surface area (Å²) in [5, 5.41) is 9.52. The predicted octanol–water partition coefficient (Wildman–Crippen LogP) is 3.93. The Morgan fingerprint density at radius 3 is 2.17 bits per heavy atom. The average Bonchev–Trinajstić information content (AvgIpc) is 2.55. The van der Waals surface area contributed by atoms with Gasteiger partial charge in [0.2, 0.25) is 0 Å². The first-order chi connectivity index (χ1) is 11.0. The first-order valence-electron chi connectivity index (χ1n) is 7.26. The highest BCUT2D eigenvalue weighted by molar-refractivity contribution is 7.98. The summed E-state index contributed by atoms with van der Waals surface area (Å²) < 4.78 is 24.3. The van der Waals surface area contributed by atoms with Crippen molar-refractivity contribution in [2.75, 3.05) is 11.5 Å². The molecule has 0 amide bonds. The summed E-state index contributed by atoms with van der Waals surface area (Å²) in [7, 11) is -3.23. The molecule has 0 fully saturated rings. The molecule has 2 aromatic rings. The highest BCUT2D eigenvalue weighted by Gasteiger charge is 2.13. The zero-order valence-corrected chi connectivity index (χ0v) is 15.0. The average molecular weight is 371 g/mol. The molecule has 0 aliphatic carbocycles. The minimum Gasteiger partial charge on any atom is -0.392 e. The smallest absolute Gasteiger partial charge is 0.178 e. The largest absolute Gasteiger partial charge is 0.392 e. The molecular formula is C17H19ClO3S2. The molecule has 0 bridgehead atoms. The van der Waals surface area contributed by atoms with Crippen LogP contribution in [0.2, 0.25) is 5.02 Å². The van der Waals surface area contributed by atoms with Gasteiger partial charge in [-0.05, 0) is 47.6 Å². The van der Waals surface area contributed by atoms with Gasteiger partial charge in [0.25, 0.3) is 0 Å². The maximum atomic E-state index is 12.2. The number of sulfone groups is 1. The Bertz CT molecular complexity index is 711. The zero-order valence-electron chi connectivity index (χ0n) is 12.6. The van der Waals surface area contributed by atoms with E-state index in [4.69, 9.17) is 16.7 Å². The highest BCUT2D eigenvalue weighted by atomic mass is 35.5. The van der Waals surface area contributed by atoms with Crippen molar-refractivity contribution >= 4 is 33.2 Å². The summed E-state index contributed by atoms with van der Waals surface area (Å²) in [4.78, 5) is 0.325. The molecule has 2 rings (SSSR count). The van der Waals surface area contributed by atoms with Crippen LogP contribution in [0.5, 0.6) is 0 Å². The fourth-order valence-electron chi connectivity index (χ4n) is 2.04. The molecule has 0 aromatic heterocycles. The molecule has 3 nitrogen and oxygen atoms in total. The number of thioether (sulfide) groups is 1. The summed E-state index contributed by atoms with van der Waals surface area (Å²) in [5.41, 5.74) is 2.07. The van der Waals surface area contributed by atoms with Crippen molar-refractivity contribution in [1.82, 2.24) is 0 Å². The van der Waals surface area contributed by atoms with Gasteiger partial charge in [-0.25, -0.2) is 8.42 Å². The second-order valence-corrected chi connectivity index (χ2v) is 8.80. The Hall–Kier alpha value is -1.01. The van der Waals surface area contributed by atoms with Crippen LogP contribution in [0.15, 0.2) is 53.4 Å². The second-order valence-electron chi connectivity index (χ2n) is 5.15. The van der Waals surface area contributed by atoms with Crippen LogP contribution in [0.3, 0.4) is 0 Å². The van der Waals surface area contributed by atoms with Gasteiger partial charge in [0.05, 0.1) is 17.3 Å². The maximum absolute atomic E-state index is 12.2. The molecule has 23 heavy (non-hydrogen) atoms. The molecule has 6 heteroatoms. The number of benzene rings is 2. The van der Waals surface area contributed by atoms with Crippen LogP contribution in [-0.4, -0.2) is 25.0 Å². The van der Waals surface area contributed by atoms with E-state index in [1.165, 1.54) is 5.56 Å². The van der Waals surface area contributed by atoms with E-state index in [1.54, 1.807) is 36.0 Å². The van der Waals surface area contributed by atoms with Crippen LogP contribution in [0, 0.1) is 0 Å². The van der Waals surface area contributed by atoms with E-state index in [9.17, 15) is 8.42 Å². The normalized spacial score (nSPS) is 11.6. The van der Waals surface area contributed by atoms with Gasteiger partial charge in [-0.15, -0.1) is 0 Å². The van der Waals surface area contributed by atoms with E-state index < -0.39 is 9.84 Å². The van der Waals surface area contributed by atoms with Crippen molar-refractivity contribution in [3.63, 3.8) is 0 Å². The Morgan fingerprint density at radius 1 is 0.957 bits per heavy atom. The minimum absolute atomic E-state index is 0.0516. The molecule has 0 saturated carbocycles. The highest BCUT2D eigenvalue weighted by Crippen LogP contribution is 2.18. The summed E-state index contributed by atoms with van der Waals surface area (Å²) >= 11 is 7.48. The van der Waals surface area contributed by atoms with E-state index in [2.05, 4.69) is 0 Å². The van der Waals surface area contributed by atoms with Gasteiger partial charge in [0, 0.05) is 10.8 Å². The topological polar surface area (TPSA) is 54.4 Å². The van der Waals surface area contributed by atoms with Gasteiger partial charge in [0.15, 0.2) is 9.84 Å². The first kappa shape index (κ1) is 18.3. The molecule has 0 atom stereocenters. The lowest BCUT2D eigenvalue weighted by Crippen LogP contribution is -2.07. The van der Waals surface area contributed by atoms with Gasteiger partial charge in [-0.2, -0.15) is 11.8 Å². The SMILES string of the molecule is O=S(=O)(CCCSCc1ccc(CO)cc1)c1ccc(Cl)cc1. The Labute approximate surface area is 146 Å². The zero-order chi connectivity index (χ0) is 16.7.